The molecule has 0 saturated heterocycles. The van der Waals surface area contributed by atoms with Gasteiger partial charge in [0.1, 0.15) is 11.5 Å². The molecule has 3 nitrogen and oxygen atoms in total. The van der Waals surface area contributed by atoms with E-state index in [1.165, 1.54) is 24.3 Å². The van der Waals surface area contributed by atoms with Crippen LogP contribution in [-0.4, -0.2) is 25.6 Å². The third-order valence-corrected chi connectivity index (χ3v) is 2.61. The van der Waals surface area contributed by atoms with Crippen LogP contribution in [-0.2, 0) is 0 Å². The second-order valence-electron chi connectivity index (χ2n) is 4.44. The van der Waals surface area contributed by atoms with Crippen LogP contribution in [0.15, 0.2) is 24.3 Å². The molecular weight excluding hydrogens is 271 g/mol. The first-order chi connectivity index (χ1) is 9.40. The largest absolute Gasteiger partial charge is 0.573 e. The van der Waals surface area contributed by atoms with E-state index in [1.54, 1.807) is 0 Å². The van der Waals surface area contributed by atoms with E-state index < -0.39 is 6.36 Å². The minimum atomic E-state index is -4.66. The fourth-order valence-corrected chi connectivity index (χ4v) is 1.70. The Balaban J connectivity index is 2.37. The number of hydrogen-bond acceptors (Lipinski definition) is 3. The lowest BCUT2D eigenvalue weighted by Crippen LogP contribution is -2.18. The third kappa shape index (κ3) is 7.23. The molecule has 0 radical (unpaired) electrons. The van der Waals surface area contributed by atoms with Crippen LogP contribution >= 0.6 is 0 Å². The second kappa shape index (κ2) is 7.99. The number of alkyl halides is 3. The summed E-state index contributed by atoms with van der Waals surface area (Å²) < 4.78 is 45.4. The van der Waals surface area contributed by atoms with Crippen molar-refractivity contribution >= 4 is 0 Å². The predicted octanol–water partition coefficient (Wildman–Crippen LogP) is 3.74. The van der Waals surface area contributed by atoms with Crippen LogP contribution in [0.5, 0.6) is 11.5 Å². The van der Waals surface area contributed by atoms with Gasteiger partial charge in [-0.3, -0.25) is 0 Å². The lowest BCUT2D eigenvalue weighted by molar-refractivity contribution is -0.274. The summed E-state index contributed by atoms with van der Waals surface area (Å²) >= 11 is 0. The summed E-state index contributed by atoms with van der Waals surface area (Å²) in [6.07, 6.45) is -2.77. The van der Waals surface area contributed by atoms with E-state index >= 15 is 0 Å². The SMILES string of the molecule is CCNCCCC(C)Oc1ccc(OC(F)(F)F)cc1. The molecule has 1 aromatic rings. The van der Waals surface area contributed by atoms with Gasteiger partial charge in [-0.05, 0) is 57.1 Å². The number of benzene rings is 1. The van der Waals surface area contributed by atoms with Gasteiger partial charge in [-0.1, -0.05) is 6.92 Å². The fraction of sp³-hybridized carbons (Fsp3) is 0.571. The van der Waals surface area contributed by atoms with Crippen molar-refractivity contribution in [2.75, 3.05) is 13.1 Å². The van der Waals surface area contributed by atoms with Crippen LogP contribution in [0.2, 0.25) is 0 Å². The van der Waals surface area contributed by atoms with E-state index in [4.69, 9.17) is 4.74 Å². The molecule has 0 fully saturated rings. The molecule has 20 heavy (non-hydrogen) atoms. The van der Waals surface area contributed by atoms with Gasteiger partial charge in [-0.25, -0.2) is 0 Å². The summed E-state index contributed by atoms with van der Waals surface area (Å²) in [7, 11) is 0. The molecule has 0 aliphatic heterocycles. The topological polar surface area (TPSA) is 30.5 Å². The monoisotopic (exact) mass is 291 g/mol. The van der Waals surface area contributed by atoms with Crippen molar-refractivity contribution in [3.8, 4) is 11.5 Å². The number of hydrogen-bond donors (Lipinski definition) is 1. The summed E-state index contributed by atoms with van der Waals surface area (Å²) in [5, 5.41) is 3.22. The van der Waals surface area contributed by atoms with E-state index in [9.17, 15) is 13.2 Å². The molecule has 0 aromatic heterocycles. The average molecular weight is 291 g/mol. The standard InChI is InChI=1S/C14H20F3NO2/c1-3-18-10-4-5-11(2)19-12-6-8-13(9-7-12)20-14(15,16)17/h6-9,11,18H,3-5,10H2,1-2H3. The average Bonchev–Trinajstić information content (AvgIpc) is 2.35. The van der Waals surface area contributed by atoms with Crippen LogP contribution in [0.4, 0.5) is 13.2 Å². The summed E-state index contributed by atoms with van der Waals surface area (Å²) in [5.74, 6) is 0.292. The van der Waals surface area contributed by atoms with Gasteiger partial charge in [-0.15, -0.1) is 13.2 Å². The van der Waals surface area contributed by atoms with Crippen molar-refractivity contribution in [2.24, 2.45) is 0 Å². The molecule has 0 bridgehead atoms. The van der Waals surface area contributed by atoms with Crippen molar-refractivity contribution in [3.05, 3.63) is 24.3 Å². The molecule has 1 aromatic carbocycles. The Bertz CT molecular complexity index is 379. The number of ether oxygens (including phenoxy) is 2. The zero-order valence-electron chi connectivity index (χ0n) is 11.7. The van der Waals surface area contributed by atoms with Crippen molar-refractivity contribution in [1.82, 2.24) is 5.32 Å². The van der Waals surface area contributed by atoms with Gasteiger partial charge in [-0.2, -0.15) is 0 Å². The highest BCUT2D eigenvalue weighted by atomic mass is 19.4. The van der Waals surface area contributed by atoms with Crippen LogP contribution in [0.25, 0.3) is 0 Å². The molecule has 114 valence electrons. The minimum Gasteiger partial charge on any atom is -0.491 e. The first-order valence-electron chi connectivity index (χ1n) is 6.64. The fourth-order valence-electron chi connectivity index (χ4n) is 1.70. The number of rotatable bonds is 8. The molecule has 6 heteroatoms. The van der Waals surface area contributed by atoms with Gasteiger partial charge in [0, 0.05) is 0 Å². The maximum atomic E-state index is 12.0. The first-order valence-corrected chi connectivity index (χ1v) is 6.64. The van der Waals surface area contributed by atoms with Gasteiger partial charge >= 0.3 is 6.36 Å². The van der Waals surface area contributed by atoms with E-state index in [0.29, 0.717) is 5.75 Å². The van der Waals surface area contributed by atoms with Gasteiger partial charge in [0.05, 0.1) is 6.10 Å². The van der Waals surface area contributed by atoms with Crippen LogP contribution in [0.1, 0.15) is 26.7 Å². The summed E-state index contributed by atoms with van der Waals surface area (Å²) in [4.78, 5) is 0. The molecule has 1 rings (SSSR count). The van der Waals surface area contributed by atoms with Crippen molar-refractivity contribution in [2.45, 2.75) is 39.2 Å². The van der Waals surface area contributed by atoms with Crippen molar-refractivity contribution in [1.29, 1.82) is 0 Å². The minimum absolute atomic E-state index is 0.0167. The second-order valence-corrected chi connectivity index (χ2v) is 4.44. The molecule has 0 aliphatic rings. The molecular formula is C14H20F3NO2. The van der Waals surface area contributed by atoms with Gasteiger partial charge in [0.2, 0.25) is 0 Å². The Morgan fingerprint density at radius 1 is 1.15 bits per heavy atom. The quantitative estimate of drug-likeness (QED) is 0.740. The lowest BCUT2D eigenvalue weighted by Gasteiger charge is -2.15. The van der Waals surface area contributed by atoms with Crippen molar-refractivity contribution in [3.63, 3.8) is 0 Å². The molecule has 0 spiro atoms. The van der Waals surface area contributed by atoms with Crippen LogP contribution < -0.4 is 14.8 Å². The van der Waals surface area contributed by atoms with Crippen molar-refractivity contribution < 1.29 is 22.6 Å². The van der Waals surface area contributed by atoms with E-state index in [-0.39, 0.29) is 11.9 Å². The zero-order valence-corrected chi connectivity index (χ0v) is 11.7. The summed E-state index contributed by atoms with van der Waals surface area (Å²) in [6, 6.07) is 5.44. The Labute approximate surface area is 117 Å². The van der Waals surface area contributed by atoms with E-state index in [0.717, 1.165) is 25.9 Å². The van der Waals surface area contributed by atoms with Crippen LogP contribution in [0.3, 0.4) is 0 Å². The molecule has 0 aliphatic carbocycles. The molecule has 0 saturated carbocycles. The predicted molar refractivity (Wildman–Crippen MR) is 71.0 cm³/mol. The smallest absolute Gasteiger partial charge is 0.491 e. The molecule has 1 atom stereocenters. The number of nitrogens with one attached hydrogen (secondary N) is 1. The highest BCUT2D eigenvalue weighted by Gasteiger charge is 2.30. The highest BCUT2D eigenvalue weighted by molar-refractivity contribution is 5.31. The van der Waals surface area contributed by atoms with Crippen LogP contribution in [0, 0.1) is 0 Å². The van der Waals surface area contributed by atoms with E-state index in [1.807, 2.05) is 13.8 Å². The Morgan fingerprint density at radius 3 is 2.30 bits per heavy atom. The molecule has 1 unspecified atom stereocenters. The highest BCUT2D eigenvalue weighted by Crippen LogP contribution is 2.25. The van der Waals surface area contributed by atoms with Gasteiger partial charge in [0.25, 0.3) is 0 Å². The third-order valence-electron chi connectivity index (χ3n) is 2.61. The van der Waals surface area contributed by atoms with Gasteiger partial charge in [0.15, 0.2) is 0 Å². The normalized spacial score (nSPS) is 13.1. The number of halogens is 3. The molecule has 0 amide bonds. The Morgan fingerprint density at radius 2 is 1.75 bits per heavy atom. The lowest BCUT2D eigenvalue weighted by atomic mass is 10.2. The maximum Gasteiger partial charge on any atom is 0.573 e. The van der Waals surface area contributed by atoms with Gasteiger partial charge < -0.3 is 14.8 Å². The van der Waals surface area contributed by atoms with E-state index in [2.05, 4.69) is 10.1 Å². The zero-order chi connectivity index (χ0) is 15.0. The Hall–Kier alpha value is -1.43. The summed E-state index contributed by atoms with van der Waals surface area (Å²) in [5.41, 5.74) is 0. The molecule has 0 heterocycles. The summed E-state index contributed by atoms with van der Waals surface area (Å²) in [6.45, 7) is 5.86. The molecule has 1 N–H and O–H groups in total. The first kappa shape index (κ1) is 16.6. The Kier molecular flexibility index (Phi) is 6.64. The maximum absolute atomic E-state index is 12.0.